The van der Waals surface area contributed by atoms with Gasteiger partial charge in [-0.05, 0) is 6.42 Å². The summed E-state index contributed by atoms with van der Waals surface area (Å²) < 4.78 is 0. The molecule has 2 rings (SSSR count). The Morgan fingerprint density at radius 2 is 2.29 bits per heavy atom. The highest BCUT2D eigenvalue weighted by Crippen LogP contribution is 2.23. The third-order valence-electron chi connectivity index (χ3n) is 2.89. The largest absolute Gasteiger partial charge is 0.391 e. The van der Waals surface area contributed by atoms with E-state index in [0.29, 0.717) is 19.4 Å². The van der Waals surface area contributed by atoms with E-state index in [2.05, 4.69) is 5.32 Å². The van der Waals surface area contributed by atoms with E-state index in [0.717, 1.165) is 0 Å². The van der Waals surface area contributed by atoms with E-state index in [1.807, 2.05) is 6.92 Å². The van der Waals surface area contributed by atoms with Gasteiger partial charge in [0.25, 0.3) is 0 Å². The Morgan fingerprint density at radius 3 is 2.93 bits per heavy atom. The maximum Gasteiger partial charge on any atom is 0.245 e. The molecule has 2 fully saturated rings. The van der Waals surface area contributed by atoms with Crippen LogP contribution < -0.4 is 5.32 Å². The average molecular weight is 198 g/mol. The number of carbonyl (C=O) groups is 2. The Hall–Kier alpha value is -1.10. The van der Waals surface area contributed by atoms with E-state index in [1.165, 1.54) is 4.90 Å². The number of aliphatic hydroxyl groups is 1. The molecule has 2 saturated heterocycles. The number of piperazine rings is 1. The highest BCUT2D eigenvalue weighted by atomic mass is 16.3. The number of amides is 2. The van der Waals surface area contributed by atoms with Crippen molar-refractivity contribution >= 4 is 11.8 Å². The highest BCUT2D eigenvalue weighted by Gasteiger charge is 2.45. The Kier molecular flexibility index (Phi) is 2.19. The summed E-state index contributed by atoms with van der Waals surface area (Å²) in [6.45, 7) is 2.16. The number of hydrogen-bond donors (Lipinski definition) is 2. The lowest BCUT2D eigenvalue weighted by molar-refractivity contribution is -0.147. The molecular weight excluding hydrogens is 184 g/mol. The molecule has 78 valence electrons. The van der Waals surface area contributed by atoms with Crippen molar-refractivity contribution in [3.05, 3.63) is 0 Å². The number of nitrogens with zero attached hydrogens (tertiary/aromatic N) is 1. The van der Waals surface area contributed by atoms with Crippen molar-refractivity contribution < 1.29 is 14.7 Å². The summed E-state index contributed by atoms with van der Waals surface area (Å²) in [6.07, 6.45) is 0.419. The van der Waals surface area contributed by atoms with Gasteiger partial charge in [-0.3, -0.25) is 9.59 Å². The molecule has 0 unspecified atom stereocenters. The van der Waals surface area contributed by atoms with Crippen LogP contribution in [-0.2, 0) is 9.59 Å². The van der Waals surface area contributed by atoms with E-state index < -0.39 is 18.2 Å². The quantitative estimate of drug-likeness (QED) is 0.559. The molecule has 0 bridgehead atoms. The Bertz CT molecular complexity index is 279. The van der Waals surface area contributed by atoms with Crippen molar-refractivity contribution in [2.24, 2.45) is 0 Å². The molecule has 14 heavy (non-hydrogen) atoms. The first-order chi connectivity index (χ1) is 6.63. The number of fused-ring (bicyclic) bond motifs is 1. The molecule has 0 aromatic carbocycles. The minimum Gasteiger partial charge on any atom is -0.391 e. The molecule has 5 nitrogen and oxygen atoms in total. The third-order valence-corrected chi connectivity index (χ3v) is 2.89. The van der Waals surface area contributed by atoms with Gasteiger partial charge < -0.3 is 15.3 Å². The van der Waals surface area contributed by atoms with Gasteiger partial charge >= 0.3 is 0 Å². The molecule has 3 atom stereocenters. The fourth-order valence-corrected chi connectivity index (χ4v) is 2.11. The fourth-order valence-electron chi connectivity index (χ4n) is 2.11. The minimum atomic E-state index is -0.551. The van der Waals surface area contributed by atoms with Gasteiger partial charge in [0.1, 0.15) is 12.1 Å². The van der Waals surface area contributed by atoms with Crippen LogP contribution in [0, 0.1) is 0 Å². The normalized spacial score (nSPS) is 37.0. The number of carbonyl (C=O) groups excluding carboxylic acids is 2. The SMILES string of the molecule is CC[C@@H]1NC(=O)[C@@H]2C[C@H](O)CN2C1=O. The molecule has 0 spiro atoms. The molecule has 2 aliphatic rings. The van der Waals surface area contributed by atoms with Crippen LogP contribution in [0.4, 0.5) is 0 Å². The first-order valence-electron chi connectivity index (χ1n) is 4.92. The standard InChI is InChI=1S/C9H14N2O3/c1-2-6-9(14)11-4-5(12)3-7(11)8(13)10-6/h5-7,12H,2-4H2,1H3,(H,10,13)/t5-,6-,7-/m0/s1. The van der Waals surface area contributed by atoms with Crippen molar-refractivity contribution in [1.82, 2.24) is 10.2 Å². The zero-order valence-electron chi connectivity index (χ0n) is 8.06. The number of hydrogen-bond acceptors (Lipinski definition) is 3. The zero-order chi connectivity index (χ0) is 10.3. The van der Waals surface area contributed by atoms with Gasteiger partial charge in [0.2, 0.25) is 11.8 Å². The molecule has 0 aliphatic carbocycles. The van der Waals surface area contributed by atoms with Gasteiger partial charge in [-0.2, -0.15) is 0 Å². The number of aliphatic hydroxyl groups excluding tert-OH is 1. The Balaban J connectivity index is 2.20. The highest BCUT2D eigenvalue weighted by molar-refractivity contribution is 5.97. The summed E-state index contributed by atoms with van der Waals surface area (Å²) in [4.78, 5) is 24.7. The second kappa shape index (κ2) is 3.24. The van der Waals surface area contributed by atoms with Crippen LogP contribution in [0.1, 0.15) is 19.8 Å². The van der Waals surface area contributed by atoms with Gasteiger partial charge in [0.05, 0.1) is 6.10 Å². The summed E-state index contributed by atoms with van der Waals surface area (Å²) in [7, 11) is 0. The molecular formula is C9H14N2O3. The van der Waals surface area contributed by atoms with Gasteiger partial charge in [-0.1, -0.05) is 6.92 Å². The molecule has 2 N–H and O–H groups in total. The smallest absolute Gasteiger partial charge is 0.245 e. The number of nitrogens with one attached hydrogen (secondary N) is 1. The molecule has 0 aromatic heterocycles. The summed E-state index contributed by atoms with van der Waals surface area (Å²) >= 11 is 0. The van der Waals surface area contributed by atoms with Crippen molar-refractivity contribution in [3.63, 3.8) is 0 Å². The van der Waals surface area contributed by atoms with Crippen LogP contribution in [0.15, 0.2) is 0 Å². The lowest BCUT2D eigenvalue weighted by Crippen LogP contribution is -2.60. The second-order valence-corrected chi connectivity index (χ2v) is 3.87. The maximum absolute atomic E-state index is 11.7. The van der Waals surface area contributed by atoms with E-state index in [4.69, 9.17) is 0 Å². The van der Waals surface area contributed by atoms with Crippen LogP contribution in [0.2, 0.25) is 0 Å². The monoisotopic (exact) mass is 198 g/mol. The lowest BCUT2D eigenvalue weighted by Gasteiger charge is -2.33. The first kappa shape index (κ1) is 9.45. The van der Waals surface area contributed by atoms with E-state index >= 15 is 0 Å². The van der Waals surface area contributed by atoms with Crippen LogP contribution >= 0.6 is 0 Å². The van der Waals surface area contributed by atoms with Gasteiger partial charge in [0.15, 0.2) is 0 Å². The predicted octanol–water partition coefficient (Wildman–Crippen LogP) is -1.14. The summed E-state index contributed by atoms with van der Waals surface area (Å²) in [5.41, 5.74) is 0. The van der Waals surface area contributed by atoms with Crippen LogP contribution in [0.5, 0.6) is 0 Å². The predicted molar refractivity (Wildman–Crippen MR) is 48.3 cm³/mol. The summed E-state index contributed by atoms with van der Waals surface area (Å²) in [5.74, 6) is -0.193. The Morgan fingerprint density at radius 1 is 1.57 bits per heavy atom. The Labute approximate surface area is 82.1 Å². The van der Waals surface area contributed by atoms with Crippen LogP contribution in [-0.4, -0.2) is 46.6 Å². The molecule has 2 aliphatic heterocycles. The summed E-state index contributed by atoms with van der Waals surface area (Å²) in [6, 6.07) is -0.843. The van der Waals surface area contributed by atoms with Crippen LogP contribution in [0.25, 0.3) is 0 Å². The third kappa shape index (κ3) is 1.28. The molecule has 0 radical (unpaired) electrons. The first-order valence-corrected chi connectivity index (χ1v) is 4.92. The van der Waals surface area contributed by atoms with Gasteiger partial charge in [-0.25, -0.2) is 0 Å². The fraction of sp³-hybridized carbons (Fsp3) is 0.778. The minimum absolute atomic E-state index is 0.0614. The molecule has 0 aromatic rings. The summed E-state index contributed by atoms with van der Waals surface area (Å²) in [5, 5.41) is 12.0. The van der Waals surface area contributed by atoms with Crippen molar-refractivity contribution in [1.29, 1.82) is 0 Å². The van der Waals surface area contributed by atoms with E-state index in [-0.39, 0.29) is 11.8 Å². The van der Waals surface area contributed by atoms with Crippen molar-refractivity contribution in [2.45, 2.75) is 38.0 Å². The van der Waals surface area contributed by atoms with E-state index in [1.54, 1.807) is 0 Å². The van der Waals surface area contributed by atoms with Gasteiger partial charge in [-0.15, -0.1) is 0 Å². The molecule has 2 amide bonds. The van der Waals surface area contributed by atoms with Crippen LogP contribution in [0.3, 0.4) is 0 Å². The second-order valence-electron chi connectivity index (χ2n) is 3.87. The number of rotatable bonds is 1. The zero-order valence-corrected chi connectivity index (χ0v) is 8.06. The average Bonchev–Trinajstić information content (AvgIpc) is 2.54. The molecule has 0 saturated carbocycles. The van der Waals surface area contributed by atoms with E-state index in [9.17, 15) is 14.7 Å². The van der Waals surface area contributed by atoms with Gasteiger partial charge in [0, 0.05) is 13.0 Å². The van der Waals surface area contributed by atoms with Crippen molar-refractivity contribution in [2.75, 3.05) is 6.54 Å². The topological polar surface area (TPSA) is 69.6 Å². The molecule has 5 heteroatoms. The molecule has 2 heterocycles. The maximum atomic E-state index is 11.7. The van der Waals surface area contributed by atoms with Crippen molar-refractivity contribution in [3.8, 4) is 0 Å². The lowest BCUT2D eigenvalue weighted by atomic mass is 10.1.